The van der Waals surface area contributed by atoms with Crippen molar-refractivity contribution in [3.63, 3.8) is 0 Å². The molecule has 0 amide bonds. The monoisotopic (exact) mass is 488 g/mol. The standard InChI is InChI=1S/C30H48O5/c1-25(17-31)12-14-30(24(34)35)15-13-28(4)19(20(30)16-25)6-7-22-26(2)10-9-23(33)27(3,18-32)21(26)8-11-29(22,28)5/h6,20-23,31-33H,7-18H2,1-5H3,(H,34,35)/t20-,21+,22+,23?,25-,26-,27-,28+,29+,30-/m0/s1. The first-order valence-corrected chi connectivity index (χ1v) is 14.1. The number of carboxylic acid groups (broad SMARTS) is 1. The molecule has 5 rings (SSSR count). The van der Waals surface area contributed by atoms with E-state index >= 15 is 0 Å². The molecule has 5 aliphatic carbocycles. The molecule has 0 spiro atoms. The Bertz CT molecular complexity index is 930. The predicted octanol–water partition coefficient (Wildman–Crippen LogP) is 5.18. The van der Waals surface area contributed by atoms with E-state index in [4.69, 9.17) is 0 Å². The van der Waals surface area contributed by atoms with E-state index in [2.05, 4.69) is 40.7 Å². The highest BCUT2D eigenvalue weighted by atomic mass is 16.4. The molecule has 10 atom stereocenters. The zero-order valence-corrected chi connectivity index (χ0v) is 22.6. The summed E-state index contributed by atoms with van der Waals surface area (Å²) in [4.78, 5) is 12.8. The maximum Gasteiger partial charge on any atom is 0.310 e. The van der Waals surface area contributed by atoms with Crippen molar-refractivity contribution in [2.45, 2.75) is 105 Å². The summed E-state index contributed by atoms with van der Waals surface area (Å²) < 4.78 is 0. The average Bonchev–Trinajstić information content (AvgIpc) is 2.82. The highest BCUT2D eigenvalue weighted by Gasteiger charge is 2.69. The quantitative estimate of drug-likeness (QED) is 0.411. The predicted molar refractivity (Wildman–Crippen MR) is 136 cm³/mol. The van der Waals surface area contributed by atoms with Crippen LogP contribution < -0.4 is 0 Å². The van der Waals surface area contributed by atoms with Crippen LogP contribution in [-0.4, -0.2) is 45.7 Å². The van der Waals surface area contributed by atoms with Crippen LogP contribution in [0.4, 0.5) is 0 Å². The molecule has 198 valence electrons. The Hall–Kier alpha value is -0.910. The first-order chi connectivity index (χ1) is 16.3. The molecule has 0 bridgehead atoms. The second-order valence-electron chi connectivity index (χ2n) is 14.7. The van der Waals surface area contributed by atoms with E-state index in [1.54, 1.807) is 0 Å². The van der Waals surface area contributed by atoms with Crippen LogP contribution in [0, 0.1) is 50.2 Å². The molecule has 5 aliphatic rings. The van der Waals surface area contributed by atoms with Crippen LogP contribution in [0.15, 0.2) is 11.6 Å². The van der Waals surface area contributed by atoms with E-state index in [-0.39, 0.29) is 46.7 Å². The zero-order valence-electron chi connectivity index (χ0n) is 22.6. The minimum atomic E-state index is -0.700. The number of hydrogen-bond acceptors (Lipinski definition) is 4. The molecular weight excluding hydrogens is 440 g/mol. The van der Waals surface area contributed by atoms with Gasteiger partial charge >= 0.3 is 5.97 Å². The summed E-state index contributed by atoms with van der Waals surface area (Å²) in [6.07, 6.45) is 10.5. The molecule has 0 heterocycles. The summed E-state index contributed by atoms with van der Waals surface area (Å²) in [7, 11) is 0. The molecule has 35 heavy (non-hydrogen) atoms. The zero-order chi connectivity index (χ0) is 25.7. The summed E-state index contributed by atoms with van der Waals surface area (Å²) in [6.45, 7) is 11.7. The Morgan fingerprint density at radius 2 is 1.60 bits per heavy atom. The Balaban J connectivity index is 1.59. The van der Waals surface area contributed by atoms with Crippen LogP contribution in [-0.2, 0) is 4.79 Å². The number of hydrogen-bond donors (Lipinski definition) is 4. The van der Waals surface area contributed by atoms with Crippen molar-refractivity contribution in [1.82, 2.24) is 0 Å². The molecular formula is C30H48O5. The molecule has 0 aliphatic heterocycles. The number of carbonyl (C=O) groups is 1. The topological polar surface area (TPSA) is 98.0 Å². The van der Waals surface area contributed by atoms with Crippen LogP contribution in [0.25, 0.3) is 0 Å². The smallest absolute Gasteiger partial charge is 0.310 e. The van der Waals surface area contributed by atoms with Crippen molar-refractivity contribution in [2.75, 3.05) is 13.2 Å². The van der Waals surface area contributed by atoms with Gasteiger partial charge in [0.15, 0.2) is 0 Å². The molecule has 0 radical (unpaired) electrons. The first kappa shape index (κ1) is 25.7. The lowest BCUT2D eigenvalue weighted by Gasteiger charge is -2.71. The fraction of sp³-hybridized carbons (Fsp3) is 0.900. The summed E-state index contributed by atoms with van der Waals surface area (Å²) in [5.41, 5.74) is 0.0261. The fourth-order valence-electron chi connectivity index (χ4n) is 10.7. The van der Waals surface area contributed by atoms with E-state index in [1.165, 1.54) is 5.57 Å². The molecule has 5 nitrogen and oxygen atoms in total. The van der Waals surface area contributed by atoms with Crippen LogP contribution in [0.5, 0.6) is 0 Å². The van der Waals surface area contributed by atoms with Gasteiger partial charge in [0.1, 0.15) is 0 Å². The summed E-state index contributed by atoms with van der Waals surface area (Å²) in [5, 5.41) is 42.0. The fourth-order valence-corrected chi connectivity index (χ4v) is 10.7. The Morgan fingerprint density at radius 1 is 0.914 bits per heavy atom. The van der Waals surface area contributed by atoms with Crippen molar-refractivity contribution >= 4 is 5.97 Å². The molecule has 0 aromatic carbocycles. The van der Waals surface area contributed by atoms with Crippen molar-refractivity contribution in [3.05, 3.63) is 11.6 Å². The largest absolute Gasteiger partial charge is 0.481 e. The summed E-state index contributed by atoms with van der Waals surface area (Å²) >= 11 is 0. The van der Waals surface area contributed by atoms with Gasteiger partial charge in [0.2, 0.25) is 0 Å². The number of carboxylic acids is 1. The molecule has 4 saturated carbocycles. The third-order valence-corrected chi connectivity index (χ3v) is 13.4. The van der Waals surface area contributed by atoms with Gasteiger partial charge in [-0.1, -0.05) is 46.3 Å². The normalized spacial score (nSPS) is 55.6. The number of aliphatic hydroxyl groups excluding tert-OH is 3. The van der Waals surface area contributed by atoms with Gasteiger partial charge in [-0.25, -0.2) is 0 Å². The Labute approximate surface area is 211 Å². The van der Waals surface area contributed by atoms with Gasteiger partial charge in [-0.15, -0.1) is 0 Å². The van der Waals surface area contributed by atoms with Crippen molar-refractivity contribution in [2.24, 2.45) is 50.2 Å². The van der Waals surface area contributed by atoms with E-state index in [9.17, 15) is 25.2 Å². The lowest BCUT2D eigenvalue weighted by atomic mass is 9.33. The first-order valence-electron chi connectivity index (χ1n) is 14.1. The maximum atomic E-state index is 12.8. The van der Waals surface area contributed by atoms with Gasteiger partial charge in [-0.05, 0) is 104 Å². The van der Waals surface area contributed by atoms with Crippen LogP contribution in [0.2, 0.25) is 0 Å². The number of aliphatic hydroxyl groups is 3. The molecule has 4 fully saturated rings. The van der Waals surface area contributed by atoms with Crippen molar-refractivity contribution in [3.8, 4) is 0 Å². The van der Waals surface area contributed by atoms with Crippen LogP contribution in [0.1, 0.15) is 98.8 Å². The SMILES string of the molecule is C[C@]1(CO)CC[C@]2(C(=O)O)CC[C@]3(C)C(=CC[C@@H]4[C@@]5(C)CCC(O)[C@@](C)(CO)[C@@H]5CC[C@]43C)[C@@H]2C1. The number of fused-ring (bicyclic) bond motifs is 7. The third kappa shape index (κ3) is 3.07. The van der Waals surface area contributed by atoms with Crippen molar-refractivity contribution in [1.29, 1.82) is 0 Å². The van der Waals surface area contributed by atoms with Crippen LogP contribution in [0.3, 0.4) is 0 Å². The summed E-state index contributed by atoms with van der Waals surface area (Å²) in [5.74, 6) is 0.0812. The molecule has 0 saturated heterocycles. The molecule has 1 unspecified atom stereocenters. The van der Waals surface area contributed by atoms with Gasteiger partial charge in [0, 0.05) is 12.0 Å². The second-order valence-corrected chi connectivity index (χ2v) is 14.7. The van der Waals surface area contributed by atoms with Gasteiger partial charge in [-0.2, -0.15) is 0 Å². The lowest BCUT2D eigenvalue weighted by Crippen LogP contribution is -2.66. The number of rotatable bonds is 3. The lowest BCUT2D eigenvalue weighted by molar-refractivity contribution is -0.216. The molecule has 0 aromatic rings. The van der Waals surface area contributed by atoms with Crippen molar-refractivity contribution < 1.29 is 25.2 Å². The molecule has 5 heteroatoms. The Kier molecular flexibility index (Phi) is 5.73. The highest BCUT2D eigenvalue weighted by molar-refractivity contribution is 5.76. The maximum absolute atomic E-state index is 12.8. The minimum Gasteiger partial charge on any atom is -0.481 e. The Morgan fingerprint density at radius 3 is 2.23 bits per heavy atom. The number of aliphatic carboxylic acids is 1. The van der Waals surface area contributed by atoms with E-state index in [0.717, 1.165) is 57.8 Å². The van der Waals surface area contributed by atoms with E-state index in [1.807, 2.05) is 0 Å². The molecule has 0 aromatic heterocycles. The second kappa shape index (κ2) is 7.80. The van der Waals surface area contributed by atoms with Gasteiger partial charge in [0.25, 0.3) is 0 Å². The average molecular weight is 489 g/mol. The molecule has 4 N–H and O–H groups in total. The van der Waals surface area contributed by atoms with Crippen LogP contribution >= 0.6 is 0 Å². The summed E-state index contributed by atoms with van der Waals surface area (Å²) in [6, 6.07) is 0. The highest BCUT2D eigenvalue weighted by Crippen LogP contribution is 2.75. The van der Waals surface area contributed by atoms with E-state index in [0.29, 0.717) is 12.3 Å². The van der Waals surface area contributed by atoms with Gasteiger partial charge < -0.3 is 20.4 Å². The third-order valence-electron chi connectivity index (χ3n) is 13.4. The number of allylic oxidation sites excluding steroid dienone is 2. The minimum absolute atomic E-state index is 0.0103. The van der Waals surface area contributed by atoms with Gasteiger partial charge in [0.05, 0.1) is 18.1 Å². The van der Waals surface area contributed by atoms with Gasteiger partial charge in [-0.3, -0.25) is 4.79 Å². The van der Waals surface area contributed by atoms with E-state index < -0.39 is 22.9 Å².